The Hall–Kier alpha value is -1.96. The first-order chi connectivity index (χ1) is 12.9. The van der Waals surface area contributed by atoms with E-state index in [1.165, 1.54) is 6.42 Å². The molecular formula is C19H29F3N4O. The molecule has 0 aromatic heterocycles. The van der Waals surface area contributed by atoms with Gasteiger partial charge in [-0.25, -0.2) is 0 Å². The van der Waals surface area contributed by atoms with Crippen LogP contribution >= 0.6 is 0 Å². The number of ether oxygens (including phenoxy) is 1. The Labute approximate surface area is 159 Å². The molecule has 0 saturated carbocycles. The minimum Gasteiger partial charge on any atom is -0.497 e. The van der Waals surface area contributed by atoms with Crippen molar-refractivity contribution in [3.8, 4) is 5.75 Å². The number of nitrogens with one attached hydrogen (secondary N) is 2. The highest BCUT2D eigenvalue weighted by atomic mass is 19.4. The Morgan fingerprint density at radius 1 is 1.15 bits per heavy atom. The molecule has 5 nitrogen and oxygen atoms in total. The third-order valence-electron chi connectivity index (χ3n) is 4.72. The summed E-state index contributed by atoms with van der Waals surface area (Å²) in [5.74, 6) is 1.18. The highest BCUT2D eigenvalue weighted by Crippen LogP contribution is 2.26. The molecule has 1 aliphatic rings. The molecule has 8 heteroatoms. The van der Waals surface area contributed by atoms with Gasteiger partial charge in [0.1, 0.15) is 5.75 Å². The molecule has 27 heavy (non-hydrogen) atoms. The van der Waals surface area contributed by atoms with E-state index in [0.717, 1.165) is 37.2 Å². The topological polar surface area (TPSA) is 48.9 Å². The maximum absolute atomic E-state index is 12.3. The van der Waals surface area contributed by atoms with Crippen molar-refractivity contribution < 1.29 is 17.9 Å². The van der Waals surface area contributed by atoms with Crippen molar-refractivity contribution in [3.05, 3.63) is 29.8 Å². The number of rotatable bonds is 7. The summed E-state index contributed by atoms with van der Waals surface area (Å²) in [5, 5.41) is 5.91. The van der Waals surface area contributed by atoms with E-state index in [1.807, 2.05) is 24.3 Å². The van der Waals surface area contributed by atoms with Gasteiger partial charge in [-0.3, -0.25) is 9.89 Å². The summed E-state index contributed by atoms with van der Waals surface area (Å²) in [5.41, 5.74) is 1.15. The number of aliphatic imine (C=N–C) groups is 1. The minimum atomic E-state index is -4.18. The van der Waals surface area contributed by atoms with Gasteiger partial charge in [0, 0.05) is 20.1 Å². The van der Waals surface area contributed by atoms with E-state index in [9.17, 15) is 13.2 Å². The Balaban J connectivity index is 2.00. The lowest BCUT2D eigenvalue weighted by Crippen LogP contribution is -2.45. The molecular weight excluding hydrogens is 357 g/mol. The van der Waals surface area contributed by atoms with Gasteiger partial charge in [-0.2, -0.15) is 13.2 Å². The van der Waals surface area contributed by atoms with E-state index >= 15 is 0 Å². The number of methoxy groups -OCH3 is 1. The van der Waals surface area contributed by atoms with E-state index in [2.05, 4.69) is 20.5 Å². The van der Waals surface area contributed by atoms with Crippen molar-refractivity contribution >= 4 is 5.96 Å². The molecule has 1 aromatic rings. The second-order valence-electron chi connectivity index (χ2n) is 6.63. The predicted octanol–water partition coefficient (Wildman–Crippen LogP) is 3.34. The van der Waals surface area contributed by atoms with Crippen LogP contribution in [0.25, 0.3) is 0 Å². The Kier molecular flexibility index (Phi) is 8.22. The summed E-state index contributed by atoms with van der Waals surface area (Å²) >= 11 is 0. The zero-order chi connectivity index (χ0) is 19.7. The highest BCUT2D eigenvalue weighted by molar-refractivity contribution is 5.79. The fourth-order valence-corrected chi connectivity index (χ4v) is 3.25. The van der Waals surface area contributed by atoms with E-state index in [-0.39, 0.29) is 12.6 Å². The average Bonchev–Trinajstić information content (AvgIpc) is 2.67. The highest BCUT2D eigenvalue weighted by Gasteiger charge is 2.26. The van der Waals surface area contributed by atoms with Crippen LogP contribution in [-0.2, 0) is 0 Å². The van der Waals surface area contributed by atoms with Gasteiger partial charge in [-0.05, 0) is 43.6 Å². The van der Waals surface area contributed by atoms with Crippen molar-refractivity contribution in [2.24, 2.45) is 4.99 Å². The van der Waals surface area contributed by atoms with Crippen molar-refractivity contribution in [1.29, 1.82) is 0 Å². The lowest BCUT2D eigenvalue weighted by molar-refractivity contribution is -0.132. The molecule has 0 aliphatic carbocycles. The van der Waals surface area contributed by atoms with E-state index in [4.69, 9.17) is 4.74 Å². The molecule has 152 valence electrons. The van der Waals surface area contributed by atoms with Gasteiger partial charge < -0.3 is 15.4 Å². The Morgan fingerprint density at radius 3 is 2.37 bits per heavy atom. The van der Waals surface area contributed by atoms with Crippen LogP contribution in [0.2, 0.25) is 0 Å². The molecule has 0 bridgehead atoms. The molecule has 0 spiro atoms. The Morgan fingerprint density at radius 2 is 1.81 bits per heavy atom. The van der Waals surface area contributed by atoms with Crippen LogP contribution in [-0.4, -0.2) is 57.4 Å². The quantitative estimate of drug-likeness (QED) is 0.557. The predicted molar refractivity (Wildman–Crippen MR) is 101 cm³/mol. The lowest BCUT2D eigenvalue weighted by Gasteiger charge is -2.35. The molecule has 1 aliphatic heterocycles. The number of piperidine rings is 1. The number of likely N-dealkylation sites (tertiary alicyclic amines) is 1. The van der Waals surface area contributed by atoms with Crippen molar-refractivity contribution in [2.75, 3.05) is 40.3 Å². The summed E-state index contributed by atoms with van der Waals surface area (Å²) in [6.45, 7) is 2.40. The molecule has 2 rings (SSSR count). The van der Waals surface area contributed by atoms with E-state index in [1.54, 1.807) is 14.2 Å². The van der Waals surface area contributed by atoms with Crippen LogP contribution in [0.3, 0.4) is 0 Å². The molecule has 1 atom stereocenters. The van der Waals surface area contributed by atoms with E-state index < -0.39 is 12.6 Å². The van der Waals surface area contributed by atoms with Gasteiger partial charge in [0.05, 0.1) is 19.6 Å². The van der Waals surface area contributed by atoms with Crippen LogP contribution in [0.15, 0.2) is 29.3 Å². The minimum absolute atomic E-state index is 0.123. The standard InChI is InChI=1S/C19H29F3N4O/c1-23-18(24-11-10-19(20,21)22)25-14-17(26-12-4-3-5-13-26)15-6-8-16(27-2)9-7-15/h6-9,17H,3-5,10-14H2,1-2H3,(H2,23,24,25). The van der Waals surface area contributed by atoms with Crippen molar-refractivity contribution in [2.45, 2.75) is 37.9 Å². The summed E-state index contributed by atoms with van der Waals surface area (Å²) in [4.78, 5) is 6.45. The second kappa shape index (κ2) is 10.4. The zero-order valence-corrected chi connectivity index (χ0v) is 16.0. The molecule has 1 aromatic carbocycles. The first-order valence-electron chi connectivity index (χ1n) is 9.32. The van der Waals surface area contributed by atoms with Gasteiger partial charge in [0.2, 0.25) is 0 Å². The number of nitrogens with zero attached hydrogens (tertiary/aromatic N) is 2. The fourth-order valence-electron chi connectivity index (χ4n) is 3.25. The van der Waals surface area contributed by atoms with Crippen molar-refractivity contribution in [3.63, 3.8) is 0 Å². The Bertz CT molecular complexity index is 584. The van der Waals surface area contributed by atoms with E-state index in [0.29, 0.717) is 12.5 Å². The van der Waals surface area contributed by atoms with Gasteiger partial charge in [-0.15, -0.1) is 0 Å². The number of halogens is 3. The lowest BCUT2D eigenvalue weighted by atomic mass is 10.0. The smallest absolute Gasteiger partial charge is 0.390 e. The monoisotopic (exact) mass is 386 g/mol. The fraction of sp³-hybridized carbons (Fsp3) is 0.632. The number of benzene rings is 1. The maximum Gasteiger partial charge on any atom is 0.390 e. The number of guanidine groups is 1. The summed E-state index contributed by atoms with van der Waals surface area (Å²) in [7, 11) is 3.20. The maximum atomic E-state index is 12.3. The van der Waals surface area contributed by atoms with Gasteiger partial charge in [0.25, 0.3) is 0 Å². The summed E-state index contributed by atoms with van der Waals surface area (Å²) < 4.78 is 42.2. The molecule has 0 amide bonds. The summed E-state index contributed by atoms with van der Waals surface area (Å²) in [6, 6.07) is 8.07. The first kappa shape index (κ1) is 21.3. The first-order valence-corrected chi connectivity index (χ1v) is 9.32. The van der Waals surface area contributed by atoms with Crippen LogP contribution < -0.4 is 15.4 Å². The normalized spacial score (nSPS) is 17.4. The van der Waals surface area contributed by atoms with Crippen LogP contribution in [0, 0.1) is 0 Å². The summed E-state index contributed by atoms with van der Waals surface area (Å²) in [6.07, 6.45) is -1.51. The molecule has 1 saturated heterocycles. The van der Waals surface area contributed by atoms with Gasteiger partial charge >= 0.3 is 6.18 Å². The SMILES string of the molecule is CN=C(NCCC(F)(F)F)NCC(c1ccc(OC)cc1)N1CCCCC1. The van der Waals surface area contributed by atoms with Gasteiger partial charge in [-0.1, -0.05) is 18.6 Å². The average molecular weight is 386 g/mol. The third kappa shape index (κ3) is 7.28. The largest absolute Gasteiger partial charge is 0.497 e. The molecule has 1 fully saturated rings. The van der Waals surface area contributed by atoms with Crippen LogP contribution in [0.4, 0.5) is 13.2 Å². The van der Waals surface area contributed by atoms with Crippen LogP contribution in [0.1, 0.15) is 37.3 Å². The molecule has 1 heterocycles. The van der Waals surface area contributed by atoms with Gasteiger partial charge in [0.15, 0.2) is 5.96 Å². The molecule has 2 N–H and O–H groups in total. The second-order valence-corrected chi connectivity index (χ2v) is 6.63. The van der Waals surface area contributed by atoms with Crippen LogP contribution in [0.5, 0.6) is 5.75 Å². The third-order valence-corrected chi connectivity index (χ3v) is 4.72. The van der Waals surface area contributed by atoms with Crippen molar-refractivity contribution in [1.82, 2.24) is 15.5 Å². The molecule has 1 unspecified atom stereocenters. The zero-order valence-electron chi connectivity index (χ0n) is 16.0. The molecule has 0 radical (unpaired) electrons. The number of hydrogen-bond donors (Lipinski definition) is 2. The number of hydrogen-bond acceptors (Lipinski definition) is 3. The number of alkyl halides is 3.